The van der Waals surface area contributed by atoms with E-state index < -0.39 is 0 Å². The molecule has 122 valence electrons. The predicted octanol–water partition coefficient (Wildman–Crippen LogP) is 3.87. The van der Waals surface area contributed by atoms with Crippen molar-refractivity contribution in [2.75, 3.05) is 13.1 Å². The van der Waals surface area contributed by atoms with Crippen LogP contribution in [0.25, 0.3) is 11.0 Å². The number of nitrogens with zero attached hydrogens (tertiary/aromatic N) is 4. The zero-order chi connectivity index (χ0) is 16.2. The molecule has 0 saturated carbocycles. The van der Waals surface area contributed by atoms with Crippen LogP contribution in [0.15, 0.2) is 28.9 Å². The molecule has 1 unspecified atom stereocenters. The molecule has 3 heterocycles. The molecular weight excluding hydrogens is 308 g/mol. The van der Waals surface area contributed by atoms with Crippen LogP contribution in [-0.2, 0) is 12.8 Å². The quantitative estimate of drug-likeness (QED) is 0.714. The van der Waals surface area contributed by atoms with Gasteiger partial charge in [0.05, 0.1) is 17.9 Å². The van der Waals surface area contributed by atoms with Crippen molar-refractivity contribution in [2.45, 2.75) is 39.7 Å². The van der Waals surface area contributed by atoms with E-state index in [-0.39, 0.29) is 0 Å². The Kier molecular flexibility index (Phi) is 5.03. The first-order valence-electron chi connectivity index (χ1n) is 8.20. The minimum absolute atomic E-state index is 0.369. The van der Waals surface area contributed by atoms with Crippen molar-refractivity contribution in [2.24, 2.45) is 0 Å². The number of fused-ring (bicyclic) bond motifs is 2. The lowest BCUT2D eigenvalue weighted by atomic mass is 10.1. The molecule has 1 aromatic carbocycles. The maximum absolute atomic E-state index is 5.32. The lowest BCUT2D eigenvalue weighted by Gasteiger charge is -2.27. The molecule has 1 aliphatic heterocycles. The monoisotopic (exact) mass is 330 g/mol. The Hall–Kier alpha value is -1.79. The summed E-state index contributed by atoms with van der Waals surface area (Å²) in [6.45, 7) is 8.28. The SMILES string of the molecule is CC.CC(c1ccc2nsnc2c1)N1CCc2cnoc2CC1. The van der Waals surface area contributed by atoms with E-state index in [2.05, 4.69) is 43.9 Å². The van der Waals surface area contributed by atoms with Crippen LogP contribution in [0.3, 0.4) is 0 Å². The van der Waals surface area contributed by atoms with E-state index in [9.17, 15) is 0 Å². The third-order valence-electron chi connectivity index (χ3n) is 4.33. The molecule has 4 rings (SSSR count). The maximum atomic E-state index is 5.32. The van der Waals surface area contributed by atoms with E-state index in [0.717, 1.165) is 42.7 Å². The van der Waals surface area contributed by atoms with Crippen LogP contribution in [0.1, 0.15) is 43.7 Å². The van der Waals surface area contributed by atoms with Gasteiger partial charge in [-0.2, -0.15) is 8.75 Å². The number of aromatic nitrogens is 3. The van der Waals surface area contributed by atoms with Crippen LogP contribution in [0.4, 0.5) is 0 Å². The highest BCUT2D eigenvalue weighted by atomic mass is 32.1. The molecule has 2 aromatic heterocycles. The predicted molar refractivity (Wildman–Crippen MR) is 92.7 cm³/mol. The van der Waals surface area contributed by atoms with E-state index >= 15 is 0 Å². The minimum Gasteiger partial charge on any atom is -0.361 e. The van der Waals surface area contributed by atoms with Crippen LogP contribution in [0.2, 0.25) is 0 Å². The molecule has 0 saturated heterocycles. The highest BCUT2D eigenvalue weighted by molar-refractivity contribution is 7.00. The van der Waals surface area contributed by atoms with E-state index in [4.69, 9.17) is 4.52 Å². The summed E-state index contributed by atoms with van der Waals surface area (Å²) in [5.74, 6) is 1.05. The fraction of sp³-hybridized carbons (Fsp3) is 0.471. The summed E-state index contributed by atoms with van der Waals surface area (Å²) in [4.78, 5) is 2.50. The molecule has 5 nitrogen and oxygen atoms in total. The summed E-state index contributed by atoms with van der Waals surface area (Å²) in [6.07, 6.45) is 3.79. The van der Waals surface area contributed by atoms with Crippen molar-refractivity contribution in [1.82, 2.24) is 18.8 Å². The van der Waals surface area contributed by atoms with Crippen molar-refractivity contribution >= 4 is 22.8 Å². The number of benzene rings is 1. The van der Waals surface area contributed by atoms with Crippen LogP contribution in [-0.4, -0.2) is 31.9 Å². The molecule has 0 bridgehead atoms. The number of rotatable bonds is 2. The highest BCUT2D eigenvalue weighted by Crippen LogP contribution is 2.26. The second-order valence-corrected chi connectivity index (χ2v) is 6.03. The second-order valence-electron chi connectivity index (χ2n) is 5.50. The highest BCUT2D eigenvalue weighted by Gasteiger charge is 2.22. The van der Waals surface area contributed by atoms with Crippen LogP contribution in [0, 0.1) is 0 Å². The van der Waals surface area contributed by atoms with Gasteiger partial charge in [0.15, 0.2) is 0 Å². The lowest BCUT2D eigenvalue weighted by molar-refractivity contribution is 0.216. The van der Waals surface area contributed by atoms with Crippen molar-refractivity contribution in [1.29, 1.82) is 0 Å². The summed E-state index contributed by atoms with van der Waals surface area (Å²) in [5, 5.41) is 3.89. The van der Waals surface area contributed by atoms with Crippen molar-refractivity contribution < 1.29 is 4.52 Å². The average molecular weight is 330 g/mol. The molecule has 0 N–H and O–H groups in total. The van der Waals surface area contributed by atoms with Gasteiger partial charge in [-0.15, -0.1) is 0 Å². The van der Waals surface area contributed by atoms with Gasteiger partial charge in [0, 0.05) is 31.1 Å². The molecule has 0 aliphatic carbocycles. The fourth-order valence-electron chi connectivity index (χ4n) is 2.97. The lowest BCUT2D eigenvalue weighted by Crippen LogP contribution is -2.29. The van der Waals surface area contributed by atoms with Gasteiger partial charge in [0.25, 0.3) is 0 Å². The molecule has 0 spiro atoms. The normalized spacial score (nSPS) is 16.3. The second kappa shape index (κ2) is 7.19. The van der Waals surface area contributed by atoms with Crippen LogP contribution < -0.4 is 0 Å². The van der Waals surface area contributed by atoms with Crippen molar-refractivity contribution in [3.05, 3.63) is 41.3 Å². The van der Waals surface area contributed by atoms with E-state index in [1.54, 1.807) is 0 Å². The third-order valence-corrected chi connectivity index (χ3v) is 4.89. The summed E-state index contributed by atoms with van der Waals surface area (Å²) in [5.41, 5.74) is 4.53. The Bertz CT molecular complexity index is 744. The van der Waals surface area contributed by atoms with Crippen LogP contribution in [0.5, 0.6) is 0 Å². The van der Waals surface area contributed by atoms with Gasteiger partial charge in [-0.25, -0.2) is 0 Å². The zero-order valence-electron chi connectivity index (χ0n) is 13.8. The van der Waals surface area contributed by atoms with E-state index in [1.807, 2.05) is 20.0 Å². The Labute approximate surface area is 140 Å². The van der Waals surface area contributed by atoms with Gasteiger partial charge >= 0.3 is 0 Å². The summed E-state index contributed by atoms with van der Waals surface area (Å²) in [6, 6.07) is 6.76. The molecule has 3 aromatic rings. The molecule has 1 atom stereocenters. The zero-order valence-corrected chi connectivity index (χ0v) is 14.6. The molecule has 6 heteroatoms. The Morgan fingerprint density at radius 1 is 1.13 bits per heavy atom. The standard InChI is InChI=1S/C15H16N4OS.C2H6/c1-10(11-2-3-13-14(8-11)18-21-17-13)19-6-4-12-9-16-20-15(12)5-7-19;1-2/h2-3,8-10H,4-7H2,1H3;1-2H3. The summed E-state index contributed by atoms with van der Waals surface area (Å²) < 4.78 is 13.9. The molecular formula is C17H22N4OS. The van der Waals surface area contributed by atoms with E-state index in [1.165, 1.54) is 22.9 Å². The summed E-state index contributed by atoms with van der Waals surface area (Å²) >= 11 is 1.27. The van der Waals surface area contributed by atoms with Gasteiger partial charge in [-0.05, 0) is 31.0 Å². The third kappa shape index (κ3) is 3.28. The van der Waals surface area contributed by atoms with Crippen molar-refractivity contribution in [3.8, 4) is 0 Å². The Morgan fingerprint density at radius 2 is 1.91 bits per heavy atom. The molecule has 0 fully saturated rings. The first kappa shape index (κ1) is 16.1. The summed E-state index contributed by atoms with van der Waals surface area (Å²) in [7, 11) is 0. The first-order chi connectivity index (χ1) is 11.3. The van der Waals surface area contributed by atoms with Gasteiger partial charge in [0.1, 0.15) is 16.8 Å². The Morgan fingerprint density at radius 3 is 2.78 bits per heavy atom. The first-order valence-corrected chi connectivity index (χ1v) is 8.93. The van der Waals surface area contributed by atoms with Gasteiger partial charge in [0.2, 0.25) is 0 Å². The van der Waals surface area contributed by atoms with Gasteiger partial charge < -0.3 is 4.52 Å². The topological polar surface area (TPSA) is 55.1 Å². The molecule has 23 heavy (non-hydrogen) atoms. The maximum Gasteiger partial charge on any atom is 0.141 e. The van der Waals surface area contributed by atoms with Gasteiger partial charge in [-0.1, -0.05) is 25.1 Å². The largest absolute Gasteiger partial charge is 0.361 e. The fourth-order valence-corrected chi connectivity index (χ4v) is 3.49. The minimum atomic E-state index is 0.369. The average Bonchev–Trinajstić information content (AvgIpc) is 3.20. The number of hydrogen-bond acceptors (Lipinski definition) is 6. The molecule has 1 aliphatic rings. The number of hydrogen-bond donors (Lipinski definition) is 0. The van der Waals surface area contributed by atoms with Gasteiger partial charge in [-0.3, -0.25) is 4.90 Å². The smallest absolute Gasteiger partial charge is 0.141 e. The van der Waals surface area contributed by atoms with E-state index in [0.29, 0.717) is 6.04 Å². The molecule has 0 radical (unpaired) electrons. The van der Waals surface area contributed by atoms with Crippen molar-refractivity contribution in [3.63, 3.8) is 0 Å². The molecule has 0 amide bonds. The Balaban J connectivity index is 0.000000753. The van der Waals surface area contributed by atoms with Crippen LogP contribution >= 0.6 is 11.7 Å².